The summed E-state index contributed by atoms with van der Waals surface area (Å²) in [4.78, 5) is 6.18. The normalized spacial score (nSPS) is 20.1. The van der Waals surface area contributed by atoms with Crippen molar-refractivity contribution in [3.8, 4) is 17.3 Å². The number of hydrogen-bond acceptors (Lipinski definition) is 6. The first kappa shape index (κ1) is 22.2. The molecule has 1 aliphatic heterocycles. The molecule has 7 nitrogen and oxygen atoms in total. The second-order valence-corrected chi connectivity index (χ2v) is 9.48. The number of halogens is 3. The summed E-state index contributed by atoms with van der Waals surface area (Å²) in [6.45, 7) is 1.16. The van der Waals surface area contributed by atoms with Gasteiger partial charge < -0.3 is 10.5 Å². The molecule has 0 amide bonds. The number of aromatic nitrogens is 4. The molecule has 2 aliphatic rings. The summed E-state index contributed by atoms with van der Waals surface area (Å²) < 4.78 is 50.0. The van der Waals surface area contributed by atoms with Gasteiger partial charge in [-0.25, -0.2) is 4.98 Å². The fraction of sp³-hybridized carbons (Fsp3) is 0.400. The van der Waals surface area contributed by atoms with E-state index in [0.717, 1.165) is 5.39 Å². The van der Waals surface area contributed by atoms with E-state index < -0.39 is 12.2 Å². The van der Waals surface area contributed by atoms with Gasteiger partial charge in [0, 0.05) is 30.7 Å². The van der Waals surface area contributed by atoms with Crippen molar-refractivity contribution in [1.82, 2.24) is 24.5 Å². The van der Waals surface area contributed by atoms with Gasteiger partial charge >= 0.3 is 6.18 Å². The maximum atomic E-state index is 14.1. The Labute approximate surface area is 199 Å². The number of alkyl halides is 3. The lowest BCUT2D eigenvalue weighted by Crippen LogP contribution is -2.38. The Morgan fingerprint density at radius 2 is 1.91 bits per heavy atom. The molecule has 1 aliphatic carbocycles. The molecule has 1 unspecified atom stereocenters. The Bertz CT molecular complexity index is 1380. The highest BCUT2D eigenvalue weighted by molar-refractivity contribution is 5.86. The Morgan fingerprint density at radius 3 is 2.66 bits per heavy atom. The van der Waals surface area contributed by atoms with Crippen LogP contribution in [-0.2, 0) is 0 Å². The van der Waals surface area contributed by atoms with Crippen molar-refractivity contribution in [2.24, 2.45) is 11.7 Å². The van der Waals surface area contributed by atoms with Gasteiger partial charge in [-0.2, -0.15) is 13.2 Å². The lowest BCUT2D eigenvalue weighted by Gasteiger charge is -2.30. The van der Waals surface area contributed by atoms with Crippen LogP contribution in [0.2, 0.25) is 0 Å². The van der Waals surface area contributed by atoms with Crippen molar-refractivity contribution in [3.63, 3.8) is 0 Å². The Kier molecular flexibility index (Phi) is 5.37. The summed E-state index contributed by atoms with van der Waals surface area (Å²) in [6.07, 6.45) is -0.0760. The van der Waals surface area contributed by atoms with Crippen molar-refractivity contribution in [2.45, 2.75) is 37.5 Å². The Balaban J connectivity index is 1.41. The minimum absolute atomic E-state index is 0.120. The first-order chi connectivity index (χ1) is 16.9. The summed E-state index contributed by atoms with van der Waals surface area (Å²) in [5.41, 5.74) is 7.67. The molecule has 6 rings (SSSR count). The minimum Gasteiger partial charge on any atom is -0.491 e. The topological polar surface area (TPSA) is 81.6 Å². The molecule has 2 N–H and O–H groups in total. The molecule has 0 spiro atoms. The van der Waals surface area contributed by atoms with Crippen LogP contribution in [0.15, 0.2) is 48.7 Å². The number of ether oxygens (including phenoxy) is 1. The minimum atomic E-state index is -4.44. The number of fused-ring (bicyclic) bond motifs is 2. The van der Waals surface area contributed by atoms with Crippen molar-refractivity contribution >= 4 is 16.6 Å². The van der Waals surface area contributed by atoms with Crippen LogP contribution in [0, 0.1) is 5.92 Å². The van der Waals surface area contributed by atoms with Crippen molar-refractivity contribution in [1.29, 1.82) is 0 Å². The second kappa shape index (κ2) is 8.46. The van der Waals surface area contributed by atoms with E-state index in [9.17, 15) is 13.2 Å². The number of rotatable bonds is 6. The van der Waals surface area contributed by atoms with Crippen LogP contribution >= 0.6 is 0 Å². The monoisotopic (exact) mass is 482 g/mol. The van der Waals surface area contributed by atoms with Gasteiger partial charge in [-0.15, -0.1) is 10.2 Å². The number of likely N-dealkylation sites (tertiary alicyclic amines) is 1. The van der Waals surface area contributed by atoms with Crippen LogP contribution < -0.4 is 10.5 Å². The highest BCUT2D eigenvalue weighted by Gasteiger charge is 2.46. The third kappa shape index (κ3) is 4.32. The standard InChI is InChI=1S/C25H25F3N6O/c26-25(27,28)23(33-11-10-18(29)13-33)17-7-9-21-31-32-24(34(21)12-17)19-8-6-16-2-1-3-20(22(16)30-19)35-14-15-4-5-15/h1-3,6-9,12,15,18,23H,4-5,10-11,13-14,29H2/t18?,23-/m0/s1. The largest absolute Gasteiger partial charge is 0.491 e. The maximum Gasteiger partial charge on any atom is 0.408 e. The van der Waals surface area contributed by atoms with E-state index >= 15 is 0 Å². The second-order valence-electron chi connectivity index (χ2n) is 9.48. The van der Waals surface area contributed by atoms with Crippen molar-refractivity contribution in [2.75, 3.05) is 19.7 Å². The summed E-state index contributed by atoms with van der Waals surface area (Å²) in [5, 5.41) is 9.33. The Morgan fingerprint density at radius 1 is 1.06 bits per heavy atom. The predicted octanol–water partition coefficient (Wildman–Crippen LogP) is 4.37. The zero-order valence-corrected chi connectivity index (χ0v) is 18.9. The number of hydrogen-bond donors (Lipinski definition) is 1. The lowest BCUT2D eigenvalue weighted by atomic mass is 10.1. The van der Waals surface area contributed by atoms with Gasteiger partial charge in [-0.1, -0.05) is 24.3 Å². The molecule has 2 atom stereocenters. The fourth-order valence-corrected chi connectivity index (χ4v) is 4.75. The van der Waals surface area contributed by atoms with Crippen LogP contribution in [0.5, 0.6) is 5.75 Å². The predicted molar refractivity (Wildman–Crippen MR) is 125 cm³/mol. The van der Waals surface area contributed by atoms with Gasteiger partial charge in [0.05, 0.1) is 6.61 Å². The van der Waals surface area contributed by atoms with Gasteiger partial charge in [0.1, 0.15) is 23.0 Å². The third-order valence-corrected chi connectivity index (χ3v) is 6.76. The molecule has 1 saturated heterocycles. The van der Waals surface area contributed by atoms with E-state index in [4.69, 9.17) is 15.5 Å². The van der Waals surface area contributed by atoms with Crippen LogP contribution in [0.25, 0.3) is 28.1 Å². The molecule has 0 radical (unpaired) electrons. The van der Waals surface area contributed by atoms with Crippen LogP contribution in [0.4, 0.5) is 13.2 Å². The molecule has 10 heteroatoms. The van der Waals surface area contributed by atoms with E-state index in [0.29, 0.717) is 53.9 Å². The van der Waals surface area contributed by atoms with E-state index in [1.807, 2.05) is 24.3 Å². The molecule has 182 valence electrons. The van der Waals surface area contributed by atoms with E-state index in [-0.39, 0.29) is 18.2 Å². The smallest absolute Gasteiger partial charge is 0.408 e. The summed E-state index contributed by atoms with van der Waals surface area (Å²) in [5.74, 6) is 1.66. The fourth-order valence-electron chi connectivity index (χ4n) is 4.75. The van der Waals surface area contributed by atoms with Gasteiger partial charge in [-0.05, 0) is 48.9 Å². The summed E-state index contributed by atoms with van der Waals surface area (Å²) >= 11 is 0. The zero-order chi connectivity index (χ0) is 24.2. The molecule has 4 aromatic rings. The van der Waals surface area contributed by atoms with Crippen LogP contribution in [-0.4, -0.2) is 56.4 Å². The van der Waals surface area contributed by atoms with E-state index in [2.05, 4.69) is 10.2 Å². The average molecular weight is 483 g/mol. The summed E-state index contributed by atoms with van der Waals surface area (Å²) in [6, 6.07) is 10.5. The van der Waals surface area contributed by atoms with Crippen LogP contribution in [0.1, 0.15) is 30.9 Å². The van der Waals surface area contributed by atoms with E-state index in [1.165, 1.54) is 30.0 Å². The molecule has 1 aromatic carbocycles. The molecule has 4 heterocycles. The van der Waals surface area contributed by atoms with Gasteiger partial charge in [0.25, 0.3) is 0 Å². The number of benzene rings is 1. The number of nitrogens with zero attached hydrogens (tertiary/aromatic N) is 5. The summed E-state index contributed by atoms with van der Waals surface area (Å²) in [7, 11) is 0. The molecule has 2 fully saturated rings. The molecule has 1 saturated carbocycles. The maximum absolute atomic E-state index is 14.1. The lowest BCUT2D eigenvalue weighted by molar-refractivity contribution is -0.183. The molecular formula is C25H25F3N6O. The number of nitrogens with two attached hydrogens (primary N) is 1. The quantitative estimate of drug-likeness (QED) is 0.440. The van der Waals surface area contributed by atoms with Gasteiger partial charge in [-0.3, -0.25) is 9.30 Å². The zero-order valence-electron chi connectivity index (χ0n) is 18.9. The number of pyridine rings is 2. The molecule has 3 aromatic heterocycles. The molecule has 0 bridgehead atoms. The first-order valence-corrected chi connectivity index (χ1v) is 11.8. The first-order valence-electron chi connectivity index (χ1n) is 11.8. The van der Waals surface area contributed by atoms with Crippen molar-refractivity contribution < 1.29 is 17.9 Å². The SMILES string of the molecule is NC1CCN([C@@H](c2ccc3nnc(-c4ccc5cccc(OCC6CC6)c5n4)n3c2)C(F)(F)F)C1. The van der Waals surface area contributed by atoms with E-state index in [1.54, 1.807) is 16.5 Å². The molecule has 35 heavy (non-hydrogen) atoms. The third-order valence-electron chi connectivity index (χ3n) is 6.76. The Hall–Kier alpha value is -3.24. The van der Waals surface area contributed by atoms with Gasteiger partial charge in [0.15, 0.2) is 11.5 Å². The average Bonchev–Trinajstić information content (AvgIpc) is 3.42. The molecular weight excluding hydrogens is 457 g/mol. The highest BCUT2D eigenvalue weighted by Crippen LogP contribution is 2.39. The van der Waals surface area contributed by atoms with Gasteiger partial charge in [0.2, 0.25) is 0 Å². The van der Waals surface area contributed by atoms with Crippen molar-refractivity contribution in [3.05, 3.63) is 54.2 Å². The van der Waals surface area contributed by atoms with Crippen LogP contribution in [0.3, 0.4) is 0 Å². The highest BCUT2D eigenvalue weighted by atomic mass is 19.4. The number of para-hydroxylation sites is 1.